The van der Waals surface area contributed by atoms with Crippen LogP contribution in [0.25, 0.3) is 0 Å². The number of hydrogen-bond donors (Lipinski definition) is 1. The van der Waals surface area contributed by atoms with E-state index in [1.807, 2.05) is 6.92 Å². The number of esters is 1. The number of nitrogens with one attached hydrogen (secondary N) is 1. The number of carbonyl (C=O) groups is 2. The Kier molecular flexibility index (Phi) is 7.09. The quantitative estimate of drug-likeness (QED) is 0.546. The largest absolute Gasteiger partial charge is 0.467 e. The molecule has 0 radical (unpaired) electrons. The Hall–Kier alpha value is -3.07. The Labute approximate surface area is 176 Å². The maximum atomic E-state index is 12.7. The summed E-state index contributed by atoms with van der Waals surface area (Å²) >= 11 is 0. The van der Waals surface area contributed by atoms with Crippen LogP contribution in [-0.2, 0) is 24.4 Å². The van der Waals surface area contributed by atoms with Crippen LogP contribution >= 0.6 is 0 Å². The number of ether oxygens (including phenoxy) is 2. The molecule has 0 saturated heterocycles. The standard InChI is InChI=1S/C21H25NO7S/c1-14-10-12-15(13-11-14)30(25,26)29-17-9-7-6-8-16(17)18(19(23)27-5)22-20(24)28-21(2,3)4/h6-13,18H,1-5H3,(H,22,24). The minimum atomic E-state index is -4.17. The molecule has 0 aliphatic rings. The van der Waals surface area contributed by atoms with Gasteiger partial charge in [0.2, 0.25) is 0 Å². The molecule has 2 aromatic rings. The third-order valence-corrected chi connectivity index (χ3v) is 5.09. The van der Waals surface area contributed by atoms with Crippen molar-refractivity contribution in [2.24, 2.45) is 0 Å². The molecule has 30 heavy (non-hydrogen) atoms. The van der Waals surface area contributed by atoms with Crippen molar-refractivity contribution in [2.75, 3.05) is 7.11 Å². The summed E-state index contributed by atoms with van der Waals surface area (Å²) in [6, 6.07) is 10.8. The molecule has 0 fully saturated rings. The Morgan fingerprint density at radius 1 is 1.00 bits per heavy atom. The van der Waals surface area contributed by atoms with E-state index >= 15 is 0 Å². The van der Waals surface area contributed by atoms with Crippen molar-refractivity contribution in [3.63, 3.8) is 0 Å². The lowest BCUT2D eigenvalue weighted by molar-refractivity contribution is -0.143. The molecular weight excluding hydrogens is 410 g/mol. The summed E-state index contributed by atoms with van der Waals surface area (Å²) in [5.74, 6) is -0.936. The van der Waals surface area contributed by atoms with E-state index in [0.29, 0.717) is 0 Å². The van der Waals surface area contributed by atoms with Crippen LogP contribution in [0.5, 0.6) is 5.75 Å². The number of alkyl carbamates (subject to hydrolysis) is 1. The zero-order valence-electron chi connectivity index (χ0n) is 17.5. The van der Waals surface area contributed by atoms with Gasteiger partial charge in [-0.15, -0.1) is 0 Å². The number of amides is 1. The SMILES string of the molecule is COC(=O)C(NC(=O)OC(C)(C)C)c1ccccc1OS(=O)(=O)c1ccc(C)cc1. The summed E-state index contributed by atoms with van der Waals surface area (Å²) in [4.78, 5) is 24.5. The Bertz CT molecular complexity index is 1010. The lowest BCUT2D eigenvalue weighted by Crippen LogP contribution is -2.38. The van der Waals surface area contributed by atoms with Crippen LogP contribution in [0.3, 0.4) is 0 Å². The topological polar surface area (TPSA) is 108 Å². The molecule has 0 heterocycles. The fourth-order valence-corrected chi connectivity index (χ4v) is 3.43. The number of para-hydroxylation sites is 1. The van der Waals surface area contributed by atoms with E-state index in [-0.39, 0.29) is 16.2 Å². The molecule has 0 bridgehead atoms. The van der Waals surface area contributed by atoms with Gasteiger partial charge in [-0.25, -0.2) is 9.59 Å². The van der Waals surface area contributed by atoms with Crippen molar-refractivity contribution in [1.82, 2.24) is 5.32 Å². The monoisotopic (exact) mass is 435 g/mol. The molecule has 0 aliphatic heterocycles. The summed E-state index contributed by atoms with van der Waals surface area (Å²) in [5.41, 5.74) is 0.197. The highest BCUT2D eigenvalue weighted by atomic mass is 32.2. The molecule has 162 valence electrons. The van der Waals surface area contributed by atoms with Crippen molar-refractivity contribution in [3.8, 4) is 5.75 Å². The number of methoxy groups -OCH3 is 1. The van der Waals surface area contributed by atoms with Crippen molar-refractivity contribution in [2.45, 2.75) is 44.2 Å². The molecule has 1 amide bonds. The van der Waals surface area contributed by atoms with Crippen molar-refractivity contribution in [1.29, 1.82) is 0 Å². The van der Waals surface area contributed by atoms with E-state index in [0.717, 1.165) is 12.7 Å². The second-order valence-electron chi connectivity index (χ2n) is 7.49. The molecule has 2 rings (SSSR count). The van der Waals surface area contributed by atoms with Gasteiger partial charge in [0.25, 0.3) is 0 Å². The van der Waals surface area contributed by atoms with Gasteiger partial charge in [-0.1, -0.05) is 35.9 Å². The van der Waals surface area contributed by atoms with Crippen molar-refractivity contribution >= 4 is 22.2 Å². The molecular formula is C21H25NO7S. The first kappa shape index (κ1) is 23.2. The molecule has 0 saturated carbocycles. The molecule has 1 N–H and O–H groups in total. The van der Waals surface area contributed by atoms with Gasteiger partial charge >= 0.3 is 22.2 Å². The first-order chi connectivity index (χ1) is 13.9. The van der Waals surface area contributed by atoms with Crippen molar-refractivity contribution < 1.29 is 31.7 Å². The first-order valence-electron chi connectivity index (χ1n) is 9.10. The summed E-state index contributed by atoms with van der Waals surface area (Å²) in [6.07, 6.45) is -0.867. The Morgan fingerprint density at radius 2 is 1.60 bits per heavy atom. The molecule has 1 unspecified atom stereocenters. The second-order valence-corrected chi connectivity index (χ2v) is 9.04. The average Bonchev–Trinajstić information content (AvgIpc) is 2.65. The first-order valence-corrected chi connectivity index (χ1v) is 10.5. The van der Waals surface area contributed by atoms with Gasteiger partial charge in [0.15, 0.2) is 6.04 Å². The minimum absolute atomic E-state index is 0.0439. The fraction of sp³-hybridized carbons (Fsp3) is 0.333. The third kappa shape index (κ3) is 6.21. The number of carbonyl (C=O) groups excluding carboxylic acids is 2. The predicted molar refractivity (Wildman–Crippen MR) is 110 cm³/mol. The zero-order valence-corrected chi connectivity index (χ0v) is 18.3. The molecule has 0 aromatic heterocycles. The summed E-state index contributed by atoms with van der Waals surface area (Å²) in [7, 11) is -3.02. The van der Waals surface area contributed by atoms with E-state index in [2.05, 4.69) is 5.32 Å². The lowest BCUT2D eigenvalue weighted by Gasteiger charge is -2.23. The van der Waals surface area contributed by atoms with E-state index in [9.17, 15) is 18.0 Å². The fourth-order valence-electron chi connectivity index (χ4n) is 2.47. The molecule has 9 heteroatoms. The third-order valence-electron chi connectivity index (χ3n) is 3.84. The van der Waals surface area contributed by atoms with E-state index in [1.54, 1.807) is 45.0 Å². The van der Waals surface area contributed by atoms with Gasteiger partial charge in [-0.2, -0.15) is 8.42 Å². The van der Waals surface area contributed by atoms with Crippen LogP contribution in [-0.4, -0.2) is 33.2 Å². The van der Waals surface area contributed by atoms with Gasteiger partial charge in [0.05, 0.1) is 7.11 Å². The average molecular weight is 435 g/mol. The van der Waals surface area contributed by atoms with Crippen LogP contribution in [0.2, 0.25) is 0 Å². The molecule has 0 spiro atoms. The Balaban J connectivity index is 2.39. The van der Waals surface area contributed by atoms with Gasteiger partial charge in [0, 0.05) is 5.56 Å². The maximum absolute atomic E-state index is 12.7. The molecule has 2 aromatic carbocycles. The summed E-state index contributed by atoms with van der Waals surface area (Å²) in [5, 5.41) is 2.40. The van der Waals surface area contributed by atoms with Gasteiger partial charge in [-0.3, -0.25) is 0 Å². The van der Waals surface area contributed by atoms with Crippen LogP contribution < -0.4 is 9.50 Å². The van der Waals surface area contributed by atoms with Crippen LogP contribution in [0.15, 0.2) is 53.4 Å². The van der Waals surface area contributed by atoms with Crippen LogP contribution in [0.1, 0.15) is 37.9 Å². The molecule has 0 aliphatic carbocycles. The second kappa shape index (κ2) is 9.17. The van der Waals surface area contributed by atoms with Crippen LogP contribution in [0, 0.1) is 6.92 Å². The summed E-state index contributed by atoms with van der Waals surface area (Å²) in [6.45, 7) is 6.84. The van der Waals surface area contributed by atoms with Crippen LogP contribution in [0.4, 0.5) is 4.79 Å². The van der Waals surface area contributed by atoms with Gasteiger partial charge in [0.1, 0.15) is 16.2 Å². The highest BCUT2D eigenvalue weighted by molar-refractivity contribution is 7.87. The summed E-state index contributed by atoms with van der Waals surface area (Å²) < 4.78 is 40.6. The highest BCUT2D eigenvalue weighted by Crippen LogP contribution is 2.29. The molecule has 8 nitrogen and oxygen atoms in total. The van der Waals surface area contributed by atoms with E-state index in [1.165, 1.54) is 24.3 Å². The number of benzene rings is 2. The molecule has 1 atom stereocenters. The van der Waals surface area contributed by atoms with E-state index < -0.39 is 33.8 Å². The zero-order chi connectivity index (χ0) is 22.5. The Morgan fingerprint density at radius 3 is 2.17 bits per heavy atom. The van der Waals surface area contributed by atoms with Gasteiger partial charge in [-0.05, 0) is 45.9 Å². The predicted octanol–water partition coefficient (Wildman–Crippen LogP) is 3.50. The number of hydrogen-bond acceptors (Lipinski definition) is 7. The number of aryl methyl sites for hydroxylation is 1. The normalized spacial score (nSPS) is 12.6. The lowest BCUT2D eigenvalue weighted by atomic mass is 10.1. The van der Waals surface area contributed by atoms with Crippen molar-refractivity contribution in [3.05, 3.63) is 59.7 Å². The minimum Gasteiger partial charge on any atom is -0.467 e. The number of rotatable bonds is 6. The maximum Gasteiger partial charge on any atom is 0.408 e. The highest BCUT2D eigenvalue weighted by Gasteiger charge is 2.30. The van der Waals surface area contributed by atoms with Gasteiger partial charge < -0.3 is 19.0 Å². The van der Waals surface area contributed by atoms with E-state index in [4.69, 9.17) is 13.7 Å². The smallest absolute Gasteiger partial charge is 0.408 e.